The molecular formula is C19H35N. The molecule has 2 bridgehead atoms. The van der Waals surface area contributed by atoms with E-state index in [1.165, 1.54) is 89.9 Å². The fourth-order valence-corrected chi connectivity index (χ4v) is 5.34. The van der Waals surface area contributed by atoms with E-state index in [9.17, 15) is 0 Å². The molecule has 0 aromatic heterocycles. The number of nitrogens with zero attached hydrogens (tertiary/aromatic N) is 1. The first kappa shape index (κ1) is 14.9. The predicted octanol–water partition coefficient (Wildman–Crippen LogP) is 5.53. The molecule has 0 aromatic rings. The van der Waals surface area contributed by atoms with Crippen LogP contribution >= 0.6 is 0 Å². The monoisotopic (exact) mass is 277 g/mol. The van der Waals surface area contributed by atoms with Crippen molar-refractivity contribution in [3.63, 3.8) is 0 Å². The van der Waals surface area contributed by atoms with Crippen molar-refractivity contribution in [3.05, 3.63) is 0 Å². The predicted molar refractivity (Wildman–Crippen MR) is 87.0 cm³/mol. The minimum absolute atomic E-state index is 0.943. The van der Waals surface area contributed by atoms with Crippen LogP contribution in [-0.4, -0.2) is 23.0 Å². The third kappa shape index (κ3) is 3.59. The van der Waals surface area contributed by atoms with Gasteiger partial charge in [0.15, 0.2) is 0 Å². The molecule has 3 fully saturated rings. The van der Waals surface area contributed by atoms with Crippen molar-refractivity contribution in [2.45, 2.75) is 115 Å². The Balaban J connectivity index is 1.60. The minimum Gasteiger partial charge on any atom is -0.294 e. The summed E-state index contributed by atoms with van der Waals surface area (Å²) in [7, 11) is 0. The van der Waals surface area contributed by atoms with Crippen molar-refractivity contribution in [2.24, 2.45) is 5.92 Å². The van der Waals surface area contributed by atoms with E-state index in [2.05, 4.69) is 11.8 Å². The highest BCUT2D eigenvalue weighted by Crippen LogP contribution is 2.41. The SMILES string of the molecule is CC1CC2CCC(C1)N2C1CCCCCCCCCC1. The molecule has 0 N–H and O–H groups in total. The lowest BCUT2D eigenvalue weighted by atomic mass is 9.89. The van der Waals surface area contributed by atoms with Gasteiger partial charge in [0, 0.05) is 18.1 Å². The molecule has 2 heterocycles. The summed E-state index contributed by atoms with van der Waals surface area (Å²) in [5.41, 5.74) is 0. The first-order valence-corrected chi connectivity index (χ1v) is 9.62. The average Bonchev–Trinajstić information content (AvgIpc) is 2.70. The zero-order valence-corrected chi connectivity index (χ0v) is 13.7. The second-order valence-corrected chi connectivity index (χ2v) is 7.97. The van der Waals surface area contributed by atoms with Crippen LogP contribution in [0.25, 0.3) is 0 Å². The first-order valence-electron chi connectivity index (χ1n) is 9.62. The van der Waals surface area contributed by atoms with Crippen molar-refractivity contribution in [3.8, 4) is 0 Å². The van der Waals surface area contributed by atoms with Crippen LogP contribution in [0.5, 0.6) is 0 Å². The Morgan fingerprint density at radius 2 is 1.00 bits per heavy atom. The molecule has 2 atom stereocenters. The second kappa shape index (κ2) is 7.29. The molecule has 0 radical (unpaired) electrons. The molecule has 20 heavy (non-hydrogen) atoms. The fraction of sp³-hybridized carbons (Fsp3) is 1.00. The molecule has 0 amide bonds. The van der Waals surface area contributed by atoms with Crippen molar-refractivity contribution in [1.29, 1.82) is 0 Å². The topological polar surface area (TPSA) is 3.24 Å². The third-order valence-corrected chi connectivity index (χ3v) is 6.27. The molecule has 3 rings (SSSR count). The Kier molecular flexibility index (Phi) is 5.42. The van der Waals surface area contributed by atoms with E-state index in [-0.39, 0.29) is 0 Å². The van der Waals surface area contributed by atoms with E-state index in [1.807, 2.05) is 0 Å². The van der Waals surface area contributed by atoms with Gasteiger partial charge in [-0.3, -0.25) is 4.90 Å². The maximum absolute atomic E-state index is 3.03. The lowest BCUT2D eigenvalue weighted by Gasteiger charge is -2.43. The van der Waals surface area contributed by atoms with Gasteiger partial charge in [-0.05, 0) is 44.4 Å². The van der Waals surface area contributed by atoms with Crippen LogP contribution in [0.1, 0.15) is 96.8 Å². The van der Waals surface area contributed by atoms with E-state index in [4.69, 9.17) is 0 Å². The van der Waals surface area contributed by atoms with Crippen LogP contribution in [0.2, 0.25) is 0 Å². The summed E-state index contributed by atoms with van der Waals surface area (Å²) in [6.45, 7) is 2.49. The maximum atomic E-state index is 3.03. The van der Waals surface area contributed by atoms with Gasteiger partial charge in [0.2, 0.25) is 0 Å². The molecule has 0 spiro atoms. The van der Waals surface area contributed by atoms with Gasteiger partial charge in [0.05, 0.1) is 0 Å². The molecule has 1 heteroatoms. The molecule has 2 aliphatic heterocycles. The smallest absolute Gasteiger partial charge is 0.0104 e. The summed E-state index contributed by atoms with van der Waals surface area (Å²) in [6.07, 6.45) is 21.0. The van der Waals surface area contributed by atoms with Crippen LogP contribution < -0.4 is 0 Å². The molecule has 1 nitrogen and oxygen atoms in total. The van der Waals surface area contributed by atoms with Gasteiger partial charge in [-0.15, -0.1) is 0 Å². The molecule has 0 aromatic carbocycles. The molecule has 2 saturated heterocycles. The molecule has 1 aliphatic carbocycles. The number of piperidine rings is 1. The summed E-state index contributed by atoms with van der Waals surface area (Å²) in [6, 6.07) is 2.86. The average molecular weight is 277 g/mol. The summed E-state index contributed by atoms with van der Waals surface area (Å²) >= 11 is 0. The third-order valence-electron chi connectivity index (χ3n) is 6.27. The van der Waals surface area contributed by atoms with Gasteiger partial charge >= 0.3 is 0 Å². The lowest BCUT2D eigenvalue weighted by Crippen LogP contribution is -2.48. The molecule has 3 aliphatic rings. The highest BCUT2D eigenvalue weighted by molar-refractivity contribution is 4.97. The lowest BCUT2D eigenvalue weighted by molar-refractivity contribution is 0.0530. The number of fused-ring (bicyclic) bond motifs is 2. The molecule has 116 valence electrons. The summed E-state index contributed by atoms with van der Waals surface area (Å²) in [5, 5.41) is 0. The Morgan fingerprint density at radius 3 is 1.50 bits per heavy atom. The fourth-order valence-electron chi connectivity index (χ4n) is 5.34. The normalized spacial score (nSPS) is 38.5. The van der Waals surface area contributed by atoms with Gasteiger partial charge < -0.3 is 0 Å². The highest BCUT2D eigenvalue weighted by atomic mass is 15.2. The van der Waals surface area contributed by atoms with Gasteiger partial charge in [-0.2, -0.15) is 0 Å². The summed E-state index contributed by atoms with van der Waals surface area (Å²) in [4.78, 5) is 3.03. The second-order valence-electron chi connectivity index (χ2n) is 7.97. The van der Waals surface area contributed by atoms with Crippen molar-refractivity contribution >= 4 is 0 Å². The van der Waals surface area contributed by atoms with E-state index in [0.29, 0.717) is 0 Å². The van der Waals surface area contributed by atoms with E-state index < -0.39 is 0 Å². The maximum Gasteiger partial charge on any atom is 0.0104 e. The quantitative estimate of drug-likeness (QED) is 0.609. The standard InChI is InChI=1S/C19H35N/c1-16-14-18-12-13-19(15-16)20(18)17-10-8-6-4-2-3-5-7-9-11-17/h16-19H,2-15H2,1H3. The first-order chi connectivity index (χ1) is 9.84. The van der Waals surface area contributed by atoms with Crippen LogP contribution in [0.4, 0.5) is 0 Å². The van der Waals surface area contributed by atoms with Crippen molar-refractivity contribution in [2.75, 3.05) is 0 Å². The summed E-state index contributed by atoms with van der Waals surface area (Å²) < 4.78 is 0. The minimum atomic E-state index is 0.943. The zero-order chi connectivity index (χ0) is 13.8. The van der Waals surface area contributed by atoms with E-state index in [0.717, 1.165) is 24.0 Å². The van der Waals surface area contributed by atoms with Gasteiger partial charge in [0.25, 0.3) is 0 Å². The Morgan fingerprint density at radius 1 is 0.550 bits per heavy atom. The number of hydrogen-bond donors (Lipinski definition) is 0. The molecular weight excluding hydrogens is 242 g/mol. The zero-order valence-electron chi connectivity index (χ0n) is 13.7. The van der Waals surface area contributed by atoms with Crippen molar-refractivity contribution in [1.82, 2.24) is 4.90 Å². The Labute approximate surface area is 126 Å². The van der Waals surface area contributed by atoms with E-state index in [1.54, 1.807) is 0 Å². The van der Waals surface area contributed by atoms with Gasteiger partial charge in [0.1, 0.15) is 0 Å². The van der Waals surface area contributed by atoms with Crippen LogP contribution in [0.3, 0.4) is 0 Å². The molecule has 2 unspecified atom stereocenters. The van der Waals surface area contributed by atoms with Crippen molar-refractivity contribution < 1.29 is 0 Å². The number of rotatable bonds is 1. The van der Waals surface area contributed by atoms with Crippen LogP contribution in [-0.2, 0) is 0 Å². The Bertz CT molecular complexity index is 261. The van der Waals surface area contributed by atoms with Gasteiger partial charge in [-0.25, -0.2) is 0 Å². The molecule has 1 saturated carbocycles. The highest BCUT2D eigenvalue weighted by Gasteiger charge is 2.42. The van der Waals surface area contributed by atoms with Gasteiger partial charge in [-0.1, -0.05) is 58.3 Å². The largest absolute Gasteiger partial charge is 0.294 e. The Hall–Kier alpha value is -0.0400. The summed E-state index contributed by atoms with van der Waals surface area (Å²) in [5.74, 6) is 0.992. The van der Waals surface area contributed by atoms with Crippen LogP contribution in [0, 0.1) is 5.92 Å². The number of hydrogen-bond acceptors (Lipinski definition) is 1. The van der Waals surface area contributed by atoms with Crippen LogP contribution in [0.15, 0.2) is 0 Å². The van der Waals surface area contributed by atoms with E-state index >= 15 is 0 Å².